The van der Waals surface area contributed by atoms with Gasteiger partial charge in [-0.25, -0.2) is 4.79 Å². The van der Waals surface area contributed by atoms with E-state index in [2.05, 4.69) is 4.99 Å². The van der Waals surface area contributed by atoms with Crippen LogP contribution < -0.4 is 0 Å². The number of benzene rings is 3. The summed E-state index contributed by atoms with van der Waals surface area (Å²) in [6.07, 6.45) is 1.86. The van der Waals surface area contributed by atoms with E-state index in [9.17, 15) is 14.7 Å². The fourth-order valence-corrected chi connectivity index (χ4v) is 4.80. The van der Waals surface area contributed by atoms with E-state index in [1.807, 2.05) is 66.7 Å². The van der Waals surface area contributed by atoms with Gasteiger partial charge in [-0.15, -0.1) is 0 Å². The van der Waals surface area contributed by atoms with E-state index in [-0.39, 0.29) is 12.2 Å². The first kappa shape index (κ1) is 25.1. The van der Waals surface area contributed by atoms with Crippen molar-refractivity contribution in [1.82, 2.24) is 0 Å². The molecule has 182 valence electrons. The van der Waals surface area contributed by atoms with Crippen molar-refractivity contribution >= 4 is 34.8 Å². The molecule has 0 saturated heterocycles. The number of hydrogen-bond donors (Lipinski definition) is 1. The van der Waals surface area contributed by atoms with Gasteiger partial charge in [0.25, 0.3) is 0 Å². The summed E-state index contributed by atoms with van der Waals surface area (Å²) >= 11 is 6.21. The Morgan fingerprint density at radius 3 is 2.11 bits per heavy atom. The summed E-state index contributed by atoms with van der Waals surface area (Å²) in [7, 11) is 0. The molecule has 6 heteroatoms. The molecule has 2 unspecified atom stereocenters. The number of ether oxygens (including phenoxy) is 1. The zero-order valence-electron chi connectivity index (χ0n) is 20.0. The van der Waals surface area contributed by atoms with E-state index in [0.29, 0.717) is 22.0 Å². The Morgan fingerprint density at radius 2 is 1.56 bits per heavy atom. The summed E-state index contributed by atoms with van der Waals surface area (Å²) in [5.41, 5.74) is 4.64. The zero-order valence-corrected chi connectivity index (χ0v) is 20.8. The van der Waals surface area contributed by atoms with Crippen molar-refractivity contribution < 1.29 is 19.4 Å². The van der Waals surface area contributed by atoms with E-state index in [0.717, 1.165) is 16.7 Å². The van der Waals surface area contributed by atoms with Crippen LogP contribution in [0.3, 0.4) is 0 Å². The topological polar surface area (TPSA) is 76.0 Å². The van der Waals surface area contributed by atoms with Crippen molar-refractivity contribution in [3.8, 4) is 0 Å². The van der Waals surface area contributed by atoms with E-state index in [4.69, 9.17) is 16.3 Å². The van der Waals surface area contributed by atoms with E-state index < -0.39 is 23.8 Å². The first-order chi connectivity index (χ1) is 17.4. The monoisotopic (exact) mass is 499 g/mol. The van der Waals surface area contributed by atoms with Crippen LogP contribution in [0.4, 0.5) is 0 Å². The fourth-order valence-electron chi connectivity index (χ4n) is 4.60. The number of carboxylic acid groups (broad SMARTS) is 1. The SMILES string of the molecule is CC1=NC(C)=C(C(=O)OCC=C(c2ccccc2)c2ccccc2)C(c2cccc(Cl)c2)C1C(=O)O. The van der Waals surface area contributed by atoms with E-state index >= 15 is 0 Å². The van der Waals surface area contributed by atoms with Crippen molar-refractivity contribution in [3.05, 3.63) is 124 Å². The lowest BCUT2D eigenvalue weighted by Crippen LogP contribution is -2.35. The molecule has 0 bridgehead atoms. The standard InChI is InChI=1S/C30H26ClNO4/c1-19-26(29(33)34)28(23-14-9-15-24(31)18-23)27(20(2)32-19)30(35)36-17-16-25(21-10-5-3-6-11-21)22-12-7-4-8-13-22/h3-16,18,26,28H,17H2,1-2H3,(H,33,34). The third-order valence-electron chi connectivity index (χ3n) is 6.19. The molecule has 2 atom stereocenters. The summed E-state index contributed by atoms with van der Waals surface area (Å²) in [5.74, 6) is -3.43. The largest absolute Gasteiger partial charge is 0.481 e. The molecule has 4 rings (SSSR count). The molecule has 0 spiro atoms. The van der Waals surface area contributed by atoms with E-state index in [1.165, 1.54) is 0 Å². The van der Waals surface area contributed by atoms with Crippen molar-refractivity contribution in [2.75, 3.05) is 6.61 Å². The Labute approximate surface area is 215 Å². The molecule has 3 aromatic rings. The highest BCUT2D eigenvalue weighted by Gasteiger charge is 2.41. The molecule has 0 aromatic heterocycles. The quantitative estimate of drug-likeness (QED) is 0.374. The maximum Gasteiger partial charge on any atom is 0.336 e. The Morgan fingerprint density at radius 1 is 0.944 bits per heavy atom. The minimum absolute atomic E-state index is 0.0113. The number of carbonyl (C=O) groups excluding carboxylic acids is 1. The number of aliphatic imine (C=N–C) groups is 1. The highest BCUT2D eigenvalue weighted by molar-refractivity contribution is 6.30. The van der Waals surface area contributed by atoms with Gasteiger partial charge in [-0.05, 0) is 54.3 Å². The maximum absolute atomic E-state index is 13.4. The van der Waals surface area contributed by atoms with Gasteiger partial charge in [-0.2, -0.15) is 0 Å². The fraction of sp³-hybridized carbons (Fsp3) is 0.167. The van der Waals surface area contributed by atoms with Crippen LogP contribution in [-0.4, -0.2) is 29.4 Å². The molecule has 0 fully saturated rings. The normalized spacial score (nSPS) is 17.2. The molecule has 0 saturated carbocycles. The number of aliphatic carboxylic acids is 1. The molecule has 1 heterocycles. The second-order valence-electron chi connectivity index (χ2n) is 8.55. The van der Waals surface area contributed by atoms with Crippen LogP contribution in [0.25, 0.3) is 5.57 Å². The van der Waals surface area contributed by atoms with Crippen LogP contribution in [-0.2, 0) is 14.3 Å². The van der Waals surface area contributed by atoms with Gasteiger partial charge in [0, 0.05) is 22.3 Å². The Hall–Kier alpha value is -3.96. The lowest BCUT2D eigenvalue weighted by Gasteiger charge is -2.30. The number of carboxylic acids is 1. The Kier molecular flexibility index (Phi) is 7.81. The van der Waals surface area contributed by atoms with Gasteiger partial charge < -0.3 is 9.84 Å². The molecular weight excluding hydrogens is 474 g/mol. The molecule has 1 aliphatic rings. The lowest BCUT2D eigenvalue weighted by molar-refractivity contribution is -0.140. The molecule has 1 aliphatic heterocycles. The molecule has 36 heavy (non-hydrogen) atoms. The van der Waals surface area contributed by atoms with Gasteiger partial charge >= 0.3 is 11.9 Å². The van der Waals surface area contributed by atoms with Gasteiger partial charge in [0.2, 0.25) is 0 Å². The van der Waals surface area contributed by atoms with E-state index in [1.54, 1.807) is 38.1 Å². The zero-order chi connectivity index (χ0) is 25.7. The number of hydrogen-bond acceptors (Lipinski definition) is 4. The van der Waals surface area contributed by atoms with Crippen LogP contribution in [0.15, 0.2) is 107 Å². The molecular formula is C30H26ClNO4. The molecule has 5 nitrogen and oxygen atoms in total. The van der Waals surface area contributed by atoms with Gasteiger partial charge in [0.15, 0.2) is 0 Å². The summed E-state index contributed by atoms with van der Waals surface area (Å²) in [6.45, 7) is 3.37. The number of rotatable bonds is 7. The summed E-state index contributed by atoms with van der Waals surface area (Å²) in [6, 6.07) is 26.6. The molecule has 1 N–H and O–H groups in total. The predicted octanol–water partition coefficient (Wildman–Crippen LogP) is 6.55. The first-order valence-corrected chi connectivity index (χ1v) is 12.0. The van der Waals surface area contributed by atoms with Crippen LogP contribution in [0.2, 0.25) is 5.02 Å². The number of allylic oxidation sites excluding steroid dienone is 1. The molecule has 0 aliphatic carbocycles. The third kappa shape index (κ3) is 5.47. The van der Waals surface area contributed by atoms with Crippen LogP contribution in [0, 0.1) is 5.92 Å². The maximum atomic E-state index is 13.4. The van der Waals surface area contributed by atoms with Crippen molar-refractivity contribution in [1.29, 1.82) is 0 Å². The van der Waals surface area contributed by atoms with Crippen LogP contribution >= 0.6 is 11.6 Å². The number of halogens is 1. The molecule has 0 amide bonds. The predicted molar refractivity (Wildman–Crippen MR) is 142 cm³/mol. The van der Waals surface area contributed by atoms with Gasteiger partial charge in [0.1, 0.15) is 12.5 Å². The summed E-state index contributed by atoms with van der Waals surface area (Å²) < 4.78 is 5.70. The molecule has 3 aromatic carbocycles. The minimum atomic E-state index is -1.06. The average molecular weight is 500 g/mol. The van der Waals surface area contributed by atoms with Crippen molar-refractivity contribution in [2.24, 2.45) is 10.9 Å². The van der Waals surface area contributed by atoms with Crippen LogP contribution in [0.1, 0.15) is 36.5 Å². The van der Waals surface area contributed by atoms with Crippen LogP contribution in [0.5, 0.6) is 0 Å². The highest BCUT2D eigenvalue weighted by Crippen LogP contribution is 2.40. The van der Waals surface area contributed by atoms with Gasteiger partial charge in [-0.1, -0.05) is 84.4 Å². The lowest BCUT2D eigenvalue weighted by atomic mass is 9.75. The molecule has 0 radical (unpaired) electrons. The first-order valence-electron chi connectivity index (χ1n) is 11.6. The summed E-state index contributed by atoms with van der Waals surface area (Å²) in [5, 5.41) is 10.5. The van der Waals surface area contributed by atoms with Crippen molar-refractivity contribution in [2.45, 2.75) is 19.8 Å². The van der Waals surface area contributed by atoms with Gasteiger partial charge in [0.05, 0.1) is 5.57 Å². The number of nitrogens with zero attached hydrogens (tertiary/aromatic N) is 1. The number of esters is 1. The Balaban J connectivity index is 1.67. The van der Waals surface area contributed by atoms with Crippen molar-refractivity contribution in [3.63, 3.8) is 0 Å². The second-order valence-corrected chi connectivity index (χ2v) is 8.99. The average Bonchev–Trinajstić information content (AvgIpc) is 2.87. The number of carbonyl (C=O) groups is 2. The minimum Gasteiger partial charge on any atom is -0.481 e. The Bertz CT molecular complexity index is 1320. The third-order valence-corrected chi connectivity index (χ3v) is 6.43. The second kappa shape index (κ2) is 11.2. The summed E-state index contributed by atoms with van der Waals surface area (Å²) in [4.78, 5) is 30.0. The highest BCUT2D eigenvalue weighted by atomic mass is 35.5. The smallest absolute Gasteiger partial charge is 0.336 e. The van der Waals surface area contributed by atoms with Gasteiger partial charge in [-0.3, -0.25) is 9.79 Å².